The molecule has 0 radical (unpaired) electrons. The molecule has 5 heteroatoms. The summed E-state index contributed by atoms with van der Waals surface area (Å²) in [7, 11) is 1.42. The minimum Gasteiger partial charge on any atom is -0.380 e. The first-order chi connectivity index (χ1) is 17.1. The van der Waals surface area contributed by atoms with E-state index in [0.717, 1.165) is 36.0 Å². The Balaban J connectivity index is 0.00000103. The van der Waals surface area contributed by atoms with Crippen LogP contribution in [0.3, 0.4) is 0 Å². The van der Waals surface area contributed by atoms with E-state index in [0.29, 0.717) is 5.92 Å². The molecule has 1 aromatic heterocycles. The van der Waals surface area contributed by atoms with Crippen molar-refractivity contribution in [3.05, 3.63) is 112 Å². The van der Waals surface area contributed by atoms with Crippen LogP contribution in [0.15, 0.2) is 66.7 Å². The number of aromatic nitrogens is 1. The lowest BCUT2D eigenvalue weighted by atomic mass is 9.93. The van der Waals surface area contributed by atoms with Crippen LogP contribution in [-0.2, 0) is 12.8 Å². The van der Waals surface area contributed by atoms with Crippen molar-refractivity contribution in [1.82, 2.24) is 4.98 Å². The molecule has 4 aromatic rings. The van der Waals surface area contributed by atoms with Crippen LogP contribution in [0.2, 0.25) is 0 Å². The monoisotopic (exact) mass is 503 g/mol. The van der Waals surface area contributed by atoms with Gasteiger partial charge in [0.15, 0.2) is 0 Å². The number of hydrogen-bond acceptors (Lipinski definition) is 4. The molecule has 1 atom stereocenters. The van der Waals surface area contributed by atoms with Crippen LogP contribution in [0.25, 0.3) is 23.1 Å². The Labute approximate surface area is 217 Å². The average molecular weight is 504 g/mol. The number of fused-ring (bicyclic) bond motifs is 1. The van der Waals surface area contributed by atoms with Gasteiger partial charge in [0.05, 0.1) is 11.2 Å². The maximum atomic E-state index is 6.92. The van der Waals surface area contributed by atoms with Crippen LogP contribution in [0.1, 0.15) is 59.7 Å². The highest BCUT2D eigenvalue weighted by molar-refractivity contribution is 7.74. The van der Waals surface area contributed by atoms with Gasteiger partial charge in [-0.1, -0.05) is 74.5 Å². The SMILES string of the molecule is Cc1ccc2ccc(/C=C/c3cc#cc(CCCc4ccccc4C(C)C)c3)nc2c1.OP.OS. The molecule has 0 aliphatic rings. The molecule has 3 nitrogen and oxygen atoms in total. The van der Waals surface area contributed by atoms with Gasteiger partial charge >= 0.3 is 0 Å². The molecule has 3 aromatic carbocycles. The van der Waals surface area contributed by atoms with Gasteiger partial charge in [0.25, 0.3) is 0 Å². The summed E-state index contributed by atoms with van der Waals surface area (Å²) in [5, 5.41) is 1.17. The second kappa shape index (κ2) is 15.4. The van der Waals surface area contributed by atoms with Gasteiger partial charge in [-0.05, 0) is 107 Å². The van der Waals surface area contributed by atoms with Crippen molar-refractivity contribution in [3.8, 4) is 0 Å². The first kappa shape index (κ1) is 28.6. The van der Waals surface area contributed by atoms with Gasteiger partial charge in [-0.2, -0.15) is 0 Å². The number of hydrogen-bond donors (Lipinski definition) is 3. The number of benzene rings is 2. The summed E-state index contributed by atoms with van der Waals surface area (Å²) in [6.07, 6.45) is 7.42. The minimum atomic E-state index is 0.567. The zero-order valence-electron chi connectivity index (χ0n) is 20.6. The van der Waals surface area contributed by atoms with Gasteiger partial charge in [0, 0.05) is 10.9 Å². The summed E-state index contributed by atoms with van der Waals surface area (Å²) in [6, 6.07) is 30.1. The Kier molecular flexibility index (Phi) is 12.5. The number of nitrogens with zero attached hydrogens (tertiary/aromatic N) is 1. The highest BCUT2D eigenvalue weighted by Crippen LogP contribution is 2.21. The van der Waals surface area contributed by atoms with Gasteiger partial charge in [-0.3, -0.25) is 0 Å². The molecule has 1 heterocycles. The predicted octanol–water partition coefficient (Wildman–Crippen LogP) is 7.77. The standard InChI is InChI=1S/C30H29N.H3OP.H2OS/c1-22(2)29-13-5-4-11-26(29)12-7-10-24-8-6-9-25(21-24)15-18-28-19-17-27-16-14-23(3)20-30(27)31-28;2*1-2/h4-5,9,11,13-22H,7,10,12H2,1-3H3;1H,2H2;1-2H/b18-15+;;. The second-order valence-corrected chi connectivity index (χ2v) is 8.56. The van der Waals surface area contributed by atoms with E-state index in [-0.39, 0.29) is 0 Å². The summed E-state index contributed by atoms with van der Waals surface area (Å²) >= 11 is 2.53. The van der Waals surface area contributed by atoms with Gasteiger partial charge in [-0.25, -0.2) is 4.98 Å². The summed E-state index contributed by atoms with van der Waals surface area (Å²) in [4.78, 5) is 11.7. The Morgan fingerprint density at radius 3 is 2.49 bits per heavy atom. The molecule has 35 heavy (non-hydrogen) atoms. The molecule has 4 rings (SSSR count). The molecule has 0 spiro atoms. The zero-order valence-corrected chi connectivity index (χ0v) is 22.6. The molecular formula is C30H34NO2PS. The molecule has 0 saturated heterocycles. The van der Waals surface area contributed by atoms with Crippen LogP contribution >= 0.6 is 22.4 Å². The number of aryl methyl sites for hydroxylation is 3. The third-order valence-electron chi connectivity index (χ3n) is 5.70. The molecule has 0 bridgehead atoms. The fraction of sp³-hybridized carbons (Fsp3) is 0.233. The fourth-order valence-corrected chi connectivity index (χ4v) is 4.03. The zero-order chi connectivity index (χ0) is 25.6. The molecule has 0 saturated carbocycles. The van der Waals surface area contributed by atoms with E-state index >= 15 is 0 Å². The average Bonchev–Trinajstić information content (AvgIpc) is 2.90. The lowest BCUT2D eigenvalue weighted by Crippen LogP contribution is -1.97. The van der Waals surface area contributed by atoms with E-state index in [2.05, 4.69) is 119 Å². The largest absolute Gasteiger partial charge is 0.380 e. The first-order valence-corrected chi connectivity index (χ1v) is 12.5. The van der Waals surface area contributed by atoms with Crippen molar-refractivity contribution < 1.29 is 9.45 Å². The van der Waals surface area contributed by atoms with Crippen molar-refractivity contribution in [2.45, 2.75) is 46.0 Å². The Bertz CT molecular complexity index is 1220. The maximum Gasteiger partial charge on any atom is 0.0711 e. The van der Waals surface area contributed by atoms with E-state index < -0.39 is 0 Å². The van der Waals surface area contributed by atoms with Crippen molar-refractivity contribution in [2.24, 2.45) is 0 Å². The Morgan fingerprint density at radius 2 is 1.71 bits per heavy atom. The first-order valence-electron chi connectivity index (χ1n) is 11.6. The van der Waals surface area contributed by atoms with E-state index in [1.54, 1.807) is 0 Å². The quantitative estimate of drug-likeness (QED) is 0.137. The molecule has 2 N–H and O–H groups in total. The summed E-state index contributed by atoms with van der Waals surface area (Å²) in [5.41, 5.74) is 8.53. The lowest BCUT2D eigenvalue weighted by Gasteiger charge is -2.12. The van der Waals surface area contributed by atoms with E-state index in [1.807, 2.05) is 6.07 Å². The lowest BCUT2D eigenvalue weighted by molar-refractivity contribution is 0.664. The smallest absolute Gasteiger partial charge is 0.0711 e. The molecule has 0 aliphatic heterocycles. The fourth-order valence-electron chi connectivity index (χ4n) is 4.03. The molecule has 0 aliphatic carbocycles. The van der Waals surface area contributed by atoms with Gasteiger partial charge in [-0.15, -0.1) is 0 Å². The minimum absolute atomic E-state index is 0.567. The van der Waals surface area contributed by atoms with Crippen molar-refractivity contribution >= 4 is 45.4 Å². The number of thiol groups is 1. The van der Waals surface area contributed by atoms with Gasteiger partial charge in [0.2, 0.25) is 0 Å². The van der Waals surface area contributed by atoms with Crippen LogP contribution in [0, 0.1) is 19.1 Å². The van der Waals surface area contributed by atoms with Crippen molar-refractivity contribution in [1.29, 1.82) is 0 Å². The van der Waals surface area contributed by atoms with Gasteiger partial charge < -0.3 is 9.45 Å². The topological polar surface area (TPSA) is 53.4 Å². The third kappa shape index (κ3) is 8.80. The molecule has 1 unspecified atom stereocenters. The van der Waals surface area contributed by atoms with E-state index in [4.69, 9.17) is 14.4 Å². The van der Waals surface area contributed by atoms with Gasteiger partial charge in [0.1, 0.15) is 0 Å². The van der Waals surface area contributed by atoms with Crippen LogP contribution < -0.4 is 0 Å². The van der Waals surface area contributed by atoms with Crippen LogP contribution in [0.5, 0.6) is 0 Å². The maximum absolute atomic E-state index is 6.92. The molecule has 182 valence electrons. The summed E-state index contributed by atoms with van der Waals surface area (Å²) in [5.74, 6) is 0.567. The number of rotatable bonds is 7. The predicted molar refractivity (Wildman–Crippen MR) is 156 cm³/mol. The molecule has 0 amide bonds. The normalized spacial score (nSPS) is 10.4. The summed E-state index contributed by atoms with van der Waals surface area (Å²) < 4.78 is 6.69. The summed E-state index contributed by atoms with van der Waals surface area (Å²) in [6.45, 7) is 6.63. The highest BCUT2D eigenvalue weighted by atomic mass is 32.1. The van der Waals surface area contributed by atoms with E-state index in [9.17, 15) is 0 Å². The van der Waals surface area contributed by atoms with Crippen molar-refractivity contribution in [2.75, 3.05) is 0 Å². The highest BCUT2D eigenvalue weighted by Gasteiger charge is 2.05. The molecular weight excluding hydrogens is 469 g/mol. The number of pyridine rings is 1. The van der Waals surface area contributed by atoms with Crippen molar-refractivity contribution in [3.63, 3.8) is 0 Å². The Morgan fingerprint density at radius 1 is 0.971 bits per heavy atom. The molecule has 0 fully saturated rings. The van der Waals surface area contributed by atoms with Crippen LogP contribution in [-0.4, -0.2) is 14.4 Å². The Hall–Kier alpha value is -2.67. The second-order valence-electron chi connectivity index (χ2n) is 8.56. The third-order valence-corrected chi connectivity index (χ3v) is 5.70. The van der Waals surface area contributed by atoms with Crippen LogP contribution in [0.4, 0.5) is 0 Å². The van der Waals surface area contributed by atoms with E-state index in [1.165, 1.54) is 37.1 Å².